The number of rotatable bonds is 4. The first kappa shape index (κ1) is 14.3. The summed E-state index contributed by atoms with van der Waals surface area (Å²) in [7, 11) is 0. The summed E-state index contributed by atoms with van der Waals surface area (Å²) < 4.78 is 0. The van der Waals surface area contributed by atoms with E-state index in [1.54, 1.807) is 0 Å². The van der Waals surface area contributed by atoms with E-state index in [1.165, 1.54) is 18.2 Å². The van der Waals surface area contributed by atoms with Crippen molar-refractivity contribution in [2.45, 2.75) is 32.7 Å². The summed E-state index contributed by atoms with van der Waals surface area (Å²) in [5, 5.41) is 20.5. The van der Waals surface area contributed by atoms with E-state index in [4.69, 9.17) is 0 Å². The van der Waals surface area contributed by atoms with Gasteiger partial charge in [0.15, 0.2) is 0 Å². The zero-order valence-electron chi connectivity index (χ0n) is 11.6. The Balaban J connectivity index is 2.58. The van der Waals surface area contributed by atoms with Crippen molar-refractivity contribution in [2.24, 2.45) is 5.92 Å². The van der Waals surface area contributed by atoms with Crippen molar-refractivity contribution in [1.29, 1.82) is 0 Å². The summed E-state index contributed by atoms with van der Waals surface area (Å²) in [6, 6.07) is 4.37. The minimum absolute atomic E-state index is 0.00625. The van der Waals surface area contributed by atoms with Gasteiger partial charge < -0.3 is 10.0 Å². The summed E-state index contributed by atoms with van der Waals surface area (Å²) in [6.07, 6.45) is 1.86. The molecule has 1 N–H and O–H groups in total. The van der Waals surface area contributed by atoms with Crippen LogP contribution in [0.3, 0.4) is 0 Å². The molecule has 0 aromatic heterocycles. The van der Waals surface area contributed by atoms with Crippen LogP contribution in [0.25, 0.3) is 0 Å². The van der Waals surface area contributed by atoms with Gasteiger partial charge in [0.1, 0.15) is 5.69 Å². The summed E-state index contributed by atoms with van der Waals surface area (Å²) in [5.74, 6) is -0.808. The van der Waals surface area contributed by atoms with Crippen molar-refractivity contribution in [2.75, 3.05) is 11.4 Å². The number of anilines is 1. The number of carboxylic acids is 1. The third kappa shape index (κ3) is 2.45. The van der Waals surface area contributed by atoms with E-state index in [2.05, 4.69) is 13.8 Å². The largest absolute Gasteiger partial charge is 0.478 e. The lowest BCUT2D eigenvalue weighted by molar-refractivity contribution is -0.384. The third-order valence-corrected chi connectivity index (χ3v) is 3.80. The van der Waals surface area contributed by atoms with Gasteiger partial charge in [0, 0.05) is 18.7 Å². The Labute approximate surface area is 117 Å². The van der Waals surface area contributed by atoms with Crippen molar-refractivity contribution in [3.8, 4) is 0 Å². The molecule has 2 rings (SSSR count). The molecule has 0 radical (unpaired) electrons. The van der Waals surface area contributed by atoms with E-state index in [-0.39, 0.29) is 23.0 Å². The van der Waals surface area contributed by atoms with Crippen molar-refractivity contribution in [3.05, 3.63) is 33.9 Å². The maximum absolute atomic E-state index is 11.4. The van der Waals surface area contributed by atoms with Gasteiger partial charge >= 0.3 is 5.97 Å². The van der Waals surface area contributed by atoms with Crippen molar-refractivity contribution >= 4 is 17.3 Å². The highest BCUT2D eigenvalue weighted by Crippen LogP contribution is 2.38. The molecule has 1 saturated heterocycles. The number of carbonyl (C=O) groups is 1. The van der Waals surface area contributed by atoms with Crippen LogP contribution in [-0.2, 0) is 0 Å². The molecule has 0 saturated carbocycles. The van der Waals surface area contributed by atoms with E-state index in [9.17, 15) is 20.0 Å². The van der Waals surface area contributed by atoms with Crippen LogP contribution in [0.4, 0.5) is 11.4 Å². The fourth-order valence-corrected chi connectivity index (χ4v) is 2.92. The minimum Gasteiger partial charge on any atom is -0.478 e. The molecule has 1 fully saturated rings. The Morgan fingerprint density at radius 3 is 2.75 bits per heavy atom. The topological polar surface area (TPSA) is 83.7 Å². The number of benzene rings is 1. The second-order valence-electron chi connectivity index (χ2n) is 5.38. The molecule has 108 valence electrons. The molecular formula is C14H18N2O4. The molecule has 1 aliphatic rings. The lowest BCUT2D eigenvalue weighted by Gasteiger charge is -2.30. The average molecular weight is 278 g/mol. The number of hydrogen-bond acceptors (Lipinski definition) is 4. The van der Waals surface area contributed by atoms with Crippen LogP contribution in [0.1, 0.15) is 37.0 Å². The lowest BCUT2D eigenvalue weighted by atomic mass is 10.0. The average Bonchev–Trinajstić information content (AvgIpc) is 2.86. The number of carboxylic acid groups (broad SMARTS) is 1. The fraction of sp³-hybridized carbons (Fsp3) is 0.500. The number of hydrogen-bond donors (Lipinski definition) is 1. The van der Waals surface area contributed by atoms with Crippen LogP contribution in [0.15, 0.2) is 18.2 Å². The zero-order valence-corrected chi connectivity index (χ0v) is 11.6. The maximum Gasteiger partial charge on any atom is 0.338 e. The van der Waals surface area contributed by atoms with Crippen LogP contribution in [-0.4, -0.2) is 28.6 Å². The second kappa shape index (κ2) is 5.48. The molecule has 1 aromatic carbocycles. The van der Waals surface area contributed by atoms with Gasteiger partial charge in [-0.15, -0.1) is 0 Å². The summed E-state index contributed by atoms with van der Waals surface area (Å²) in [6.45, 7) is 4.77. The summed E-state index contributed by atoms with van der Waals surface area (Å²) in [5.41, 5.74) is 0.130. The zero-order chi connectivity index (χ0) is 14.9. The highest BCUT2D eigenvalue weighted by atomic mass is 16.6. The van der Waals surface area contributed by atoms with Gasteiger partial charge in [0.25, 0.3) is 5.69 Å². The molecule has 1 atom stereocenters. The molecular weight excluding hydrogens is 260 g/mol. The normalized spacial score (nSPS) is 18.6. The second-order valence-corrected chi connectivity index (χ2v) is 5.38. The lowest BCUT2D eigenvalue weighted by Crippen LogP contribution is -2.35. The van der Waals surface area contributed by atoms with Gasteiger partial charge in [-0.2, -0.15) is 0 Å². The quantitative estimate of drug-likeness (QED) is 0.676. The Kier molecular flexibility index (Phi) is 3.92. The molecule has 0 spiro atoms. The van der Waals surface area contributed by atoms with Gasteiger partial charge in [-0.05, 0) is 24.8 Å². The minimum atomic E-state index is -1.13. The predicted octanol–water partition coefficient (Wildman–Crippen LogP) is 2.92. The molecule has 0 aliphatic carbocycles. The van der Waals surface area contributed by atoms with E-state index in [1.807, 2.05) is 4.90 Å². The molecule has 1 heterocycles. The van der Waals surface area contributed by atoms with Crippen LogP contribution in [0.5, 0.6) is 0 Å². The van der Waals surface area contributed by atoms with Gasteiger partial charge in [-0.3, -0.25) is 10.1 Å². The van der Waals surface area contributed by atoms with E-state index >= 15 is 0 Å². The molecule has 0 bridgehead atoms. The Hall–Kier alpha value is -2.11. The van der Waals surface area contributed by atoms with Crippen molar-refractivity contribution in [1.82, 2.24) is 0 Å². The number of nitro groups is 1. The Bertz CT molecular complexity index is 510. The number of aromatic carboxylic acids is 1. The summed E-state index contributed by atoms with van der Waals surface area (Å²) in [4.78, 5) is 24.0. The SMILES string of the molecule is CC(C)C1CCCN1c1c(C(=O)O)cccc1[N+](=O)[O-]. The van der Waals surface area contributed by atoms with Gasteiger partial charge in [0.05, 0.1) is 10.5 Å². The van der Waals surface area contributed by atoms with Crippen molar-refractivity contribution in [3.63, 3.8) is 0 Å². The summed E-state index contributed by atoms with van der Waals surface area (Å²) >= 11 is 0. The molecule has 6 nitrogen and oxygen atoms in total. The molecule has 1 aliphatic heterocycles. The smallest absolute Gasteiger partial charge is 0.338 e. The van der Waals surface area contributed by atoms with Crippen LogP contribution >= 0.6 is 0 Å². The van der Waals surface area contributed by atoms with E-state index in [0.717, 1.165) is 12.8 Å². The number of nitro benzene ring substituents is 1. The van der Waals surface area contributed by atoms with Crippen LogP contribution in [0.2, 0.25) is 0 Å². The fourth-order valence-electron chi connectivity index (χ4n) is 2.92. The van der Waals surface area contributed by atoms with E-state index < -0.39 is 10.9 Å². The highest BCUT2D eigenvalue weighted by Gasteiger charge is 2.34. The van der Waals surface area contributed by atoms with Crippen LogP contribution < -0.4 is 4.90 Å². The Morgan fingerprint density at radius 1 is 1.50 bits per heavy atom. The number of para-hydroxylation sites is 1. The molecule has 1 unspecified atom stereocenters. The van der Waals surface area contributed by atoms with E-state index in [0.29, 0.717) is 12.5 Å². The van der Waals surface area contributed by atoms with Gasteiger partial charge in [-0.25, -0.2) is 4.79 Å². The number of nitrogens with zero attached hydrogens (tertiary/aromatic N) is 2. The Morgan fingerprint density at radius 2 is 2.20 bits per heavy atom. The molecule has 20 heavy (non-hydrogen) atoms. The third-order valence-electron chi connectivity index (χ3n) is 3.80. The first-order valence-corrected chi connectivity index (χ1v) is 6.70. The predicted molar refractivity (Wildman–Crippen MR) is 75.3 cm³/mol. The van der Waals surface area contributed by atoms with Gasteiger partial charge in [-0.1, -0.05) is 19.9 Å². The molecule has 6 heteroatoms. The molecule has 0 amide bonds. The van der Waals surface area contributed by atoms with Gasteiger partial charge in [0.2, 0.25) is 0 Å². The first-order valence-electron chi connectivity index (χ1n) is 6.70. The highest BCUT2D eigenvalue weighted by molar-refractivity contribution is 5.97. The first-order chi connectivity index (χ1) is 9.43. The van der Waals surface area contributed by atoms with Crippen LogP contribution in [0, 0.1) is 16.0 Å². The van der Waals surface area contributed by atoms with Crippen molar-refractivity contribution < 1.29 is 14.8 Å². The molecule has 1 aromatic rings. The maximum atomic E-state index is 11.4. The monoisotopic (exact) mass is 278 g/mol. The standard InChI is InChI=1S/C14H18N2O4/c1-9(2)11-7-4-8-15(11)13-10(14(17)18)5-3-6-12(13)16(19)20/h3,5-6,9,11H,4,7-8H2,1-2H3,(H,17,18).